The molecule has 0 saturated carbocycles. The first-order valence-corrected chi connectivity index (χ1v) is 10.2. The lowest BCUT2D eigenvalue weighted by atomic mass is 9.95. The van der Waals surface area contributed by atoms with Gasteiger partial charge in [0.25, 0.3) is 11.7 Å². The molecule has 1 fully saturated rings. The van der Waals surface area contributed by atoms with E-state index >= 15 is 0 Å². The highest BCUT2D eigenvalue weighted by Gasteiger charge is 2.47. The van der Waals surface area contributed by atoms with Crippen LogP contribution in [0.1, 0.15) is 22.7 Å². The fourth-order valence-corrected chi connectivity index (χ4v) is 3.98. The van der Waals surface area contributed by atoms with Crippen LogP contribution in [0.4, 0.5) is 5.69 Å². The van der Waals surface area contributed by atoms with Crippen LogP contribution in [-0.4, -0.2) is 29.0 Å². The summed E-state index contributed by atoms with van der Waals surface area (Å²) in [6.07, 6.45) is 0. The maximum atomic E-state index is 13.2. The lowest BCUT2D eigenvalue weighted by Gasteiger charge is -2.25. The van der Waals surface area contributed by atoms with Gasteiger partial charge in [-0.3, -0.25) is 14.5 Å². The molecule has 1 atom stereocenters. The van der Waals surface area contributed by atoms with Gasteiger partial charge in [-0.05, 0) is 55.0 Å². The molecule has 2 N–H and O–H groups in total. The van der Waals surface area contributed by atoms with Crippen LogP contribution >= 0.6 is 11.6 Å². The summed E-state index contributed by atoms with van der Waals surface area (Å²) in [5.74, 6) is -1.66. The van der Waals surface area contributed by atoms with Crippen LogP contribution < -0.4 is 9.64 Å². The number of hydrogen-bond acceptors (Lipinski definition) is 5. The van der Waals surface area contributed by atoms with Crippen molar-refractivity contribution in [2.75, 3.05) is 12.0 Å². The molecule has 0 bridgehead atoms. The molecule has 1 aliphatic rings. The van der Waals surface area contributed by atoms with E-state index < -0.39 is 23.5 Å². The SMILES string of the molecule is COc1ccc(Cl)c(/C(O)=C2\C(=O)C(=O)N(c3ccc(C)cc3)C2c2cccc(O)c2)c1. The molecule has 3 aromatic rings. The smallest absolute Gasteiger partial charge is 0.300 e. The third kappa shape index (κ3) is 3.69. The first-order chi connectivity index (χ1) is 15.3. The van der Waals surface area contributed by atoms with Crippen LogP contribution in [-0.2, 0) is 9.59 Å². The van der Waals surface area contributed by atoms with Crippen molar-refractivity contribution < 1.29 is 24.5 Å². The van der Waals surface area contributed by atoms with Gasteiger partial charge < -0.3 is 14.9 Å². The van der Waals surface area contributed by atoms with Gasteiger partial charge >= 0.3 is 0 Å². The van der Waals surface area contributed by atoms with Crippen molar-refractivity contribution in [1.29, 1.82) is 0 Å². The Kier molecular flexibility index (Phi) is 5.63. The number of benzene rings is 3. The van der Waals surface area contributed by atoms with E-state index in [4.69, 9.17) is 16.3 Å². The number of nitrogens with zero attached hydrogens (tertiary/aromatic N) is 1. The number of ketones is 1. The minimum absolute atomic E-state index is 0.0311. The molecule has 0 radical (unpaired) electrons. The second kappa shape index (κ2) is 8.40. The molecule has 7 heteroatoms. The molecule has 0 aromatic heterocycles. The summed E-state index contributed by atoms with van der Waals surface area (Å²) in [4.78, 5) is 27.6. The standard InChI is InChI=1S/C25H20ClNO5/c1-14-6-8-16(9-7-14)27-22(15-4-3-5-17(28)12-15)21(24(30)25(27)31)23(29)19-13-18(32-2)10-11-20(19)26/h3-13,22,28-29H,1-2H3/b23-21+. The summed E-state index contributed by atoms with van der Waals surface area (Å²) in [6.45, 7) is 1.91. The number of carbonyl (C=O) groups excluding carboxylic acids is 2. The Labute approximate surface area is 189 Å². The van der Waals surface area contributed by atoms with Gasteiger partial charge in [0.1, 0.15) is 17.3 Å². The van der Waals surface area contributed by atoms with E-state index in [0.29, 0.717) is 17.0 Å². The van der Waals surface area contributed by atoms with Crippen molar-refractivity contribution in [3.05, 3.63) is 94.0 Å². The average molecular weight is 450 g/mol. The van der Waals surface area contributed by atoms with Crippen molar-refractivity contribution >= 4 is 34.7 Å². The number of phenols is 1. The first kappa shape index (κ1) is 21.5. The Hall–Kier alpha value is -3.77. The third-order valence-electron chi connectivity index (χ3n) is 5.37. The molecule has 0 aliphatic carbocycles. The number of phenolic OH excluding ortho intramolecular Hbond substituents is 1. The Morgan fingerprint density at radius 3 is 2.41 bits per heavy atom. The van der Waals surface area contributed by atoms with Crippen LogP contribution in [0.5, 0.6) is 11.5 Å². The number of hydrogen-bond donors (Lipinski definition) is 2. The Morgan fingerprint density at radius 2 is 1.75 bits per heavy atom. The highest BCUT2D eigenvalue weighted by molar-refractivity contribution is 6.52. The minimum atomic E-state index is -0.966. The molecular formula is C25H20ClNO5. The average Bonchev–Trinajstić information content (AvgIpc) is 3.05. The molecular weight excluding hydrogens is 430 g/mol. The first-order valence-electron chi connectivity index (χ1n) is 9.82. The number of amides is 1. The molecule has 1 saturated heterocycles. The number of Topliss-reactive ketones (excluding diaryl/α,β-unsaturated/α-hetero) is 1. The molecule has 3 aromatic carbocycles. The summed E-state index contributed by atoms with van der Waals surface area (Å²) in [7, 11) is 1.47. The summed E-state index contributed by atoms with van der Waals surface area (Å²) in [5, 5.41) is 21.4. The van der Waals surface area contributed by atoms with Gasteiger partial charge in [0.2, 0.25) is 0 Å². The topological polar surface area (TPSA) is 87.1 Å². The summed E-state index contributed by atoms with van der Waals surface area (Å²) in [5.41, 5.74) is 1.98. The highest BCUT2D eigenvalue weighted by atomic mass is 35.5. The van der Waals surface area contributed by atoms with Crippen LogP contribution in [0, 0.1) is 6.92 Å². The van der Waals surface area contributed by atoms with Crippen LogP contribution in [0.15, 0.2) is 72.3 Å². The molecule has 1 amide bonds. The van der Waals surface area contributed by atoms with Gasteiger partial charge in [-0.15, -0.1) is 0 Å². The van der Waals surface area contributed by atoms with Crippen molar-refractivity contribution in [3.8, 4) is 11.5 Å². The number of carbonyl (C=O) groups is 2. The van der Waals surface area contributed by atoms with Crippen LogP contribution in [0.25, 0.3) is 5.76 Å². The molecule has 1 heterocycles. The number of aryl methyl sites for hydroxylation is 1. The molecule has 0 spiro atoms. The van der Waals surface area contributed by atoms with Gasteiger partial charge in [0.05, 0.1) is 23.7 Å². The van der Waals surface area contributed by atoms with Gasteiger partial charge in [-0.1, -0.05) is 41.4 Å². The predicted octanol–water partition coefficient (Wildman–Crippen LogP) is 4.99. The van der Waals surface area contributed by atoms with Gasteiger partial charge in [0.15, 0.2) is 0 Å². The lowest BCUT2D eigenvalue weighted by Crippen LogP contribution is -2.29. The quantitative estimate of drug-likeness (QED) is 0.333. The normalized spacial score (nSPS) is 17.6. The fourth-order valence-electron chi connectivity index (χ4n) is 3.77. The molecule has 1 aliphatic heterocycles. The van der Waals surface area contributed by atoms with Gasteiger partial charge in [-0.25, -0.2) is 0 Å². The van der Waals surface area contributed by atoms with E-state index in [0.717, 1.165) is 5.56 Å². The molecule has 4 rings (SSSR count). The van der Waals surface area contributed by atoms with E-state index in [9.17, 15) is 19.8 Å². The fraction of sp³-hybridized carbons (Fsp3) is 0.120. The number of halogens is 1. The number of aliphatic hydroxyl groups excluding tert-OH is 1. The monoisotopic (exact) mass is 449 g/mol. The van der Waals surface area contributed by atoms with Crippen molar-refractivity contribution in [1.82, 2.24) is 0 Å². The molecule has 6 nitrogen and oxygen atoms in total. The Morgan fingerprint density at radius 1 is 1.03 bits per heavy atom. The largest absolute Gasteiger partial charge is 0.508 e. The Balaban J connectivity index is 1.98. The summed E-state index contributed by atoms with van der Waals surface area (Å²) >= 11 is 6.30. The summed E-state index contributed by atoms with van der Waals surface area (Å²) < 4.78 is 5.21. The number of anilines is 1. The van der Waals surface area contributed by atoms with E-state index in [-0.39, 0.29) is 21.9 Å². The molecule has 1 unspecified atom stereocenters. The van der Waals surface area contributed by atoms with Gasteiger partial charge in [-0.2, -0.15) is 0 Å². The van der Waals surface area contributed by atoms with E-state index in [2.05, 4.69) is 0 Å². The zero-order valence-corrected chi connectivity index (χ0v) is 18.1. The highest BCUT2D eigenvalue weighted by Crippen LogP contribution is 2.43. The van der Waals surface area contributed by atoms with Gasteiger partial charge in [0, 0.05) is 11.3 Å². The Bertz CT molecular complexity index is 1250. The van der Waals surface area contributed by atoms with Crippen LogP contribution in [0.3, 0.4) is 0 Å². The summed E-state index contributed by atoms with van der Waals surface area (Å²) in [6, 6.07) is 17.0. The number of rotatable bonds is 4. The lowest BCUT2D eigenvalue weighted by molar-refractivity contribution is -0.132. The number of methoxy groups -OCH3 is 1. The number of ether oxygens (including phenoxy) is 1. The second-order valence-electron chi connectivity index (χ2n) is 7.45. The molecule has 162 valence electrons. The minimum Gasteiger partial charge on any atom is -0.508 e. The van der Waals surface area contributed by atoms with Crippen molar-refractivity contribution in [2.24, 2.45) is 0 Å². The predicted molar refractivity (Wildman–Crippen MR) is 122 cm³/mol. The number of aromatic hydroxyl groups is 1. The zero-order valence-electron chi connectivity index (χ0n) is 17.4. The molecule has 32 heavy (non-hydrogen) atoms. The number of aliphatic hydroxyl groups is 1. The third-order valence-corrected chi connectivity index (χ3v) is 5.70. The maximum Gasteiger partial charge on any atom is 0.300 e. The van der Waals surface area contributed by atoms with E-state index in [1.807, 2.05) is 19.1 Å². The van der Waals surface area contributed by atoms with Crippen LogP contribution in [0.2, 0.25) is 5.02 Å². The van der Waals surface area contributed by atoms with E-state index in [1.54, 1.807) is 30.3 Å². The second-order valence-corrected chi connectivity index (χ2v) is 7.85. The maximum absolute atomic E-state index is 13.2. The van der Waals surface area contributed by atoms with Crippen molar-refractivity contribution in [3.63, 3.8) is 0 Å². The van der Waals surface area contributed by atoms with E-state index in [1.165, 1.54) is 36.3 Å². The van der Waals surface area contributed by atoms with Crippen molar-refractivity contribution in [2.45, 2.75) is 13.0 Å². The zero-order chi connectivity index (χ0) is 23.0.